The van der Waals surface area contributed by atoms with Crippen LogP contribution in [0, 0.1) is 11.6 Å². The number of hydrogen-bond acceptors (Lipinski definition) is 2. The summed E-state index contributed by atoms with van der Waals surface area (Å²) in [6.45, 7) is -0.397. The summed E-state index contributed by atoms with van der Waals surface area (Å²) in [5.74, 6) is -3.53. The van der Waals surface area contributed by atoms with Gasteiger partial charge in [0.15, 0.2) is 0 Å². The number of carboxylic acids is 1. The third-order valence-corrected chi connectivity index (χ3v) is 3.23. The van der Waals surface area contributed by atoms with E-state index in [2.05, 4.69) is 21.2 Å². The van der Waals surface area contributed by atoms with Crippen LogP contribution in [0.15, 0.2) is 34.9 Å². The molecule has 0 saturated carbocycles. The van der Waals surface area contributed by atoms with Gasteiger partial charge in [-0.15, -0.1) is 0 Å². The molecule has 2 N–H and O–H groups in total. The summed E-state index contributed by atoms with van der Waals surface area (Å²) in [6.07, 6.45) is 1.42. The van der Waals surface area contributed by atoms with Crippen molar-refractivity contribution >= 4 is 33.5 Å². The summed E-state index contributed by atoms with van der Waals surface area (Å²) in [5.41, 5.74) is -0.159. The van der Waals surface area contributed by atoms with Crippen molar-refractivity contribution in [3.8, 4) is 0 Å². The monoisotopic (exact) mass is 358 g/mol. The molecule has 1 amide bonds. The fourth-order valence-electron chi connectivity index (χ4n) is 1.71. The second-order valence-corrected chi connectivity index (χ2v) is 4.97. The maximum atomic E-state index is 13.6. The number of carbonyl (C=O) groups is 2. The fraction of sp³-hybridized carbons (Fsp3) is 0.0769. The molecule has 1 aromatic carbocycles. The van der Waals surface area contributed by atoms with Crippen LogP contribution < -0.4 is 5.32 Å². The van der Waals surface area contributed by atoms with Crippen LogP contribution in [-0.4, -0.2) is 21.6 Å². The summed E-state index contributed by atoms with van der Waals surface area (Å²) in [6, 6.07) is 4.62. The number of nitrogens with one attached hydrogen (secondary N) is 1. The van der Waals surface area contributed by atoms with E-state index in [-0.39, 0.29) is 15.9 Å². The van der Waals surface area contributed by atoms with Gasteiger partial charge in [0.2, 0.25) is 0 Å². The summed E-state index contributed by atoms with van der Waals surface area (Å²) >= 11 is 2.89. The van der Waals surface area contributed by atoms with Crippen molar-refractivity contribution in [2.75, 3.05) is 5.32 Å². The van der Waals surface area contributed by atoms with Gasteiger partial charge in [-0.3, -0.25) is 9.59 Å². The lowest BCUT2D eigenvalue weighted by atomic mass is 10.3. The molecule has 1 aromatic heterocycles. The first-order valence-electron chi connectivity index (χ1n) is 5.71. The topological polar surface area (TPSA) is 71.3 Å². The van der Waals surface area contributed by atoms with E-state index < -0.39 is 30.1 Å². The van der Waals surface area contributed by atoms with Crippen LogP contribution in [0.3, 0.4) is 0 Å². The van der Waals surface area contributed by atoms with E-state index in [0.717, 1.165) is 6.07 Å². The van der Waals surface area contributed by atoms with Crippen LogP contribution in [0.1, 0.15) is 10.5 Å². The van der Waals surface area contributed by atoms with Crippen LogP contribution in [0.5, 0.6) is 0 Å². The van der Waals surface area contributed by atoms with E-state index in [1.54, 1.807) is 0 Å². The third-order valence-electron chi connectivity index (χ3n) is 2.63. The average molecular weight is 359 g/mol. The Balaban J connectivity index is 2.25. The van der Waals surface area contributed by atoms with Gasteiger partial charge in [0.25, 0.3) is 5.91 Å². The zero-order valence-corrected chi connectivity index (χ0v) is 12.0. The van der Waals surface area contributed by atoms with E-state index in [1.165, 1.54) is 22.9 Å². The molecule has 5 nitrogen and oxygen atoms in total. The van der Waals surface area contributed by atoms with Gasteiger partial charge in [-0.05, 0) is 34.1 Å². The molecular weight excluding hydrogens is 350 g/mol. The molecule has 8 heteroatoms. The zero-order chi connectivity index (χ0) is 15.6. The summed E-state index contributed by atoms with van der Waals surface area (Å²) in [5, 5.41) is 11.0. The summed E-state index contributed by atoms with van der Waals surface area (Å²) in [7, 11) is 0. The number of benzene rings is 1. The standard InChI is InChI=1S/C13H9BrF2N2O3/c14-7-4-10(9(16)5-8(7)15)17-13(21)11-2-1-3-18(11)6-12(19)20/h1-5H,6H2,(H,17,21)(H,19,20). The molecular formula is C13H9BrF2N2O3. The molecule has 0 radical (unpaired) electrons. The Morgan fingerprint density at radius 2 is 2.00 bits per heavy atom. The molecule has 2 rings (SSSR count). The van der Waals surface area contributed by atoms with Gasteiger partial charge < -0.3 is 15.0 Å². The molecule has 2 aromatic rings. The second kappa shape index (κ2) is 6.04. The predicted molar refractivity (Wildman–Crippen MR) is 74.1 cm³/mol. The lowest BCUT2D eigenvalue weighted by Gasteiger charge is -2.09. The van der Waals surface area contributed by atoms with Crippen molar-refractivity contribution in [2.45, 2.75) is 6.54 Å². The molecule has 1 heterocycles. The van der Waals surface area contributed by atoms with Crippen molar-refractivity contribution < 1.29 is 23.5 Å². The number of halogens is 3. The Hall–Kier alpha value is -2.22. The molecule has 0 saturated heterocycles. The molecule has 0 bridgehead atoms. The lowest BCUT2D eigenvalue weighted by molar-refractivity contribution is -0.137. The first-order valence-corrected chi connectivity index (χ1v) is 6.50. The van der Waals surface area contributed by atoms with Crippen LogP contribution in [0.2, 0.25) is 0 Å². The normalized spacial score (nSPS) is 10.4. The highest BCUT2D eigenvalue weighted by Crippen LogP contribution is 2.24. The van der Waals surface area contributed by atoms with Crippen LogP contribution in [-0.2, 0) is 11.3 Å². The minimum absolute atomic E-state index is 0.000110. The van der Waals surface area contributed by atoms with Crippen molar-refractivity contribution in [3.05, 3.63) is 52.3 Å². The number of rotatable bonds is 4. The van der Waals surface area contributed by atoms with E-state index in [9.17, 15) is 18.4 Å². The number of amides is 1. The number of anilines is 1. The maximum absolute atomic E-state index is 13.6. The fourth-order valence-corrected chi connectivity index (χ4v) is 2.05. The number of aliphatic carboxylic acids is 1. The number of nitrogens with zero attached hydrogens (tertiary/aromatic N) is 1. The van der Waals surface area contributed by atoms with E-state index in [4.69, 9.17) is 5.11 Å². The molecule has 110 valence electrons. The van der Waals surface area contributed by atoms with Gasteiger partial charge in [0, 0.05) is 12.3 Å². The predicted octanol–water partition coefficient (Wildman–Crippen LogP) is 2.87. The van der Waals surface area contributed by atoms with E-state index in [0.29, 0.717) is 6.07 Å². The average Bonchev–Trinajstić information content (AvgIpc) is 2.83. The van der Waals surface area contributed by atoms with Crippen molar-refractivity contribution in [1.29, 1.82) is 0 Å². The third kappa shape index (κ3) is 3.46. The van der Waals surface area contributed by atoms with Gasteiger partial charge >= 0.3 is 5.97 Å². The van der Waals surface area contributed by atoms with E-state index >= 15 is 0 Å². The largest absolute Gasteiger partial charge is 0.480 e. The minimum atomic E-state index is -1.11. The Kier molecular flexibility index (Phi) is 4.37. The molecule has 0 atom stereocenters. The molecule has 0 fully saturated rings. The molecule has 0 aliphatic rings. The minimum Gasteiger partial charge on any atom is -0.480 e. The second-order valence-electron chi connectivity index (χ2n) is 4.12. The number of aromatic nitrogens is 1. The number of carboxylic acid groups (broad SMARTS) is 1. The Labute approximate surface area is 126 Å². The van der Waals surface area contributed by atoms with Crippen molar-refractivity contribution in [3.63, 3.8) is 0 Å². The van der Waals surface area contributed by atoms with Crippen LogP contribution in [0.25, 0.3) is 0 Å². The molecule has 21 heavy (non-hydrogen) atoms. The molecule has 0 aliphatic carbocycles. The van der Waals surface area contributed by atoms with Crippen molar-refractivity contribution in [1.82, 2.24) is 4.57 Å². The lowest BCUT2D eigenvalue weighted by Crippen LogP contribution is -2.20. The summed E-state index contributed by atoms with van der Waals surface area (Å²) in [4.78, 5) is 22.7. The Morgan fingerprint density at radius 1 is 1.29 bits per heavy atom. The first kappa shape index (κ1) is 15.2. The Morgan fingerprint density at radius 3 is 2.67 bits per heavy atom. The highest BCUT2D eigenvalue weighted by Gasteiger charge is 2.16. The number of carbonyl (C=O) groups excluding carboxylic acids is 1. The highest BCUT2D eigenvalue weighted by atomic mass is 79.9. The maximum Gasteiger partial charge on any atom is 0.323 e. The summed E-state index contributed by atoms with van der Waals surface area (Å²) < 4.78 is 27.9. The quantitative estimate of drug-likeness (QED) is 0.825. The van der Waals surface area contributed by atoms with Crippen molar-refractivity contribution in [2.24, 2.45) is 0 Å². The van der Waals surface area contributed by atoms with Gasteiger partial charge in [-0.25, -0.2) is 8.78 Å². The first-order chi connectivity index (χ1) is 9.88. The number of hydrogen-bond donors (Lipinski definition) is 2. The van der Waals surface area contributed by atoms with Gasteiger partial charge in [-0.2, -0.15) is 0 Å². The Bertz CT molecular complexity index is 715. The smallest absolute Gasteiger partial charge is 0.323 e. The van der Waals surface area contributed by atoms with Gasteiger partial charge in [-0.1, -0.05) is 0 Å². The molecule has 0 spiro atoms. The highest BCUT2D eigenvalue weighted by molar-refractivity contribution is 9.10. The SMILES string of the molecule is O=C(O)Cn1cccc1C(=O)Nc1cc(Br)c(F)cc1F. The zero-order valence-electron chi connectivity index (χ0n) is 10.4. The van der Waals surface area contributed by atoms with Crippen LogP contribution in [0.4, 0.5) is 14.5 Å². The van der Waals surface area contributed by atoms with E-state index in [1.807, 2.05) is 0 Å². The van der Waals surface area contributed by atoms with Gasteiger partial charge in [0.05, 0.1) is 10.2 Å². The molecule has 0 aliphatic heterocycles. The molecule has 0 unspecified atom stereocenters. The van der Waals surface area contributed by atoms with Gasteiger partial charge in [0.1, 0.15) is 23.9 Å². The van der Waals surface area contributed by atoms with Crippen LogP contribution >= 0.6 is 15.9 Å².